The van der Waals surface area contributed by atoms with Gasteiger partial charge in [0.2, 0.25) is 5.91 Å². The number of amides is 1. The summed E-state index contributed by atoms with van der Waals surface area (Å²) in [5.74, 6) is -0.338. The Morgan fingerprint density at radius 1 is 1.33 bits per heavy atom. The number of benzene rings is 1. The van der Waals surface area contributed by atoms with Gasteiger partial charge in [0.25, 0.3) is 0 Å². The van der Waals surface area contributed by atoms with Crippen LogP contribution in [0.1, 0.15) is 24.8 Å². The van der Waals surface area contributed by atoms with Gasteiger partial charge in [0, 0.05) is 13.0 Å². The molecule has 1 amide bonds. The van der Waals surface area contributed by atoms with Crippen LogP contribution in [0.15, 0.2) is 18.2 Å². The highest BCUT2D eigenvalue weighted by Crippen LogP contribution is 2.33. The molecule has 0 aliphatic carbocycles. The van der Waals surface area contributed by atoms with Crippen molar-refractivity contribution >= 4 is 32.6 Å². The number of nitrogens with zero attached hydrogens (tertiary/aromatic N) is 1. The van der Waals surface area contributed by atoms with E-state index in [9.17, 15) is 18.0 Å². The molecule has 1 aromatic heterocycles. The number of anilines is 1. The molecule has 114 valence electrons. The maximum absolute atomic E-state index is 12.6. The minimum Gasteiger partial charge on any atom is -0.370 e. The van der Waals surface area contributed by atoms with Gasteiger partial charge in [0.15, 0.2) is 5.13 Å². The van der Waals surface area contributed by atoms with Gasteiger partial charge >= 0.3 is 6.18 Å². The van der Waals surface area contributed by atoms with E-state index in [4.69, 9.17) is 5.73 Å². The number of aromatic nitrogens is 1. The number of carbonyl (C=O) groups is 1. The zero-order valence-electron chi connectivity index (χ0n) is 11.0. The molecule has 2 rings (SSSR count). The summed E-state index contributed by atoms with van der Waals surface area (Å²) in [4.78, 5) is 14.7. The van der Waals surface area contributed by atoms with Crippen LogP contribution < -0.4 is 11.1 Å². The quantitative estimate of drug-likeness (QED) is 0.803. The van der Waals surface area contributed by atoms with E-state index >= 15 is 0 Å². The lowest BCUT2D eigenvalue weighted by Crippen LogP contribution is -2.10. The molecule has 0 radical (unpaired) electrons. The summed E-state index contributed by atoms with van der Waals surface area (Å²) in [6.45, 7) is 0.596. The fraction of sp³-hybridized carbons (Fsp3) is 0.385. The third-order valence-corrected chi connectivity index (χ3v) is 3.84. The maximum Gasteiger partial charge on any atom is 0.416 e. The Balaban J connectivity index is 1.97. The molecule has 0 unspecified atom stereocenters. The summed E-state index contributed by atoms with van der Waals surface area (Å²) in [6.07, 6.45) is -2.62. The topological polar surface area (TPSA) is 68.0 Å². The molecule has 3 N–H and O–H groups in total. The number of nitrogens with two attached hydrogens (primary N) is 1. The van der Waals surface area contributed by atoms with E-state index in [0.29, 0.717) is 34.7 Å². The lowest BCUT2D eigenvalue weighted by atomic mass is 10.2. The first kappa shape index (κ1) is 15.6. The molecule has 0 spiro atoms. The normalized spacial score (nSPS) is 11.8. The molecule has 4 nitrogen and oxygen atoms in total. The molecule has 0 atom stereocenters. The molecule has 0 saturated heterocycles. The second-order valence-electron chi connectivity index (χ2n) is 4.55. The highest BCUT2D eigenvalue weighted by atomic mass is 32.1. The number of rotatable bonds is 6. The van der Waals surface area contributed by atoms with E-state index in [1.807, 2.05) is 0 Å². The van der Waals surface area contributed by atoms with Gasteiger partial charge in [0.1, 0.15) is 0 Å². The lowest BCUT2D eigenvalue weighted by molar-refractivity contribution is -0.137. The number of halogens is 3. The molecule has 0 aliphatic heterocycles. The number of hydrogen-bond donors (Lipinski definition) is 2. The first-order chi connectivity index (χ1) is 9.86. The smallest absolute Gasteiger partial charge is 0.370 e. The summed E-state index contributed by atoms with van der Waals surface area (Å²) in [7, 11) is 0. The first-order valence-corrected chi connectivity index (χ1v) is 7.18. The predicted octanol–water partition coefficient (Wildman–Crippen LogP) is 3.38. The first-order valence-electron chi connectivity index (χ1n) is 6.36. The van der Waals surface area contributed by atoms with Crippen molar-refractivity contribution in [3.8, 4) is 0 Å². The maximum atomic E-state index is 12.6. The number of fused-ring (bicyclic) bond motifs is 1. The van der Waals surface area contributed by atoms with E-state index in [2.05, 4.69) is 10.3 Å². The Morgan fingerprint density at radius 2 is 2.10 bits per heavy atom. The number of alkyl halides is 3. The molecule has 8 heteroatoms. The summed E-state index contributed by atoms with van der Waals surface area (Å²) >= 11 is 1.30. The number of hydrogen-bond acceptors (Lipinski definition) is 4. The fourth-order valence-electron chi connectivity index (χ4n) is 1.80. The van der Waals surface area contributed by atoms with Crippen LogP contribution >= 0.6 is 11.3 Å². The molecule has 1 aromatic carbocycles. The van der Waals surface area contributed by atoms with Gasteiger partial charge in [-0.05, 0) is 31.0 Å². The van der Waals surface area contributed by atoms with Crippen molar-refractivity contribution in [2.75, 3.05) is 11.9 Å². The van der Waals surface area contributed by atoms with Crippen LogP contribution in [0.3, 0.4) is 0 Å². The van der Waals surface area contributed by atoms with Gasteiger partial charge in [-0.3, -0.25) is 4.79 Å². The average molecular weight is 317 g/mol. The van der Waals surface area contributed by atoms with Gasteiger partial charge in [-0.25, -0.2) is 4.98 Å². The Labute approximate surface area is 123 Å². The van der Waals surface area contributed by atoms with Crippen LogP contribution in [-0.4, -0.2) is 17.4 Å². The molecule has 0 aliphatic rings. The van der Waals surface area contributed by atoms with Gasteiger partial charge in [0.05, 0.1) is 15.8 Å². The predicted molar refractivity (Wildman–Crippen MR) is 76.2 cm³/mol. The Morgan fingerprint density at radius 3 is 2.76 bits per heavy atom. The van der Waals surface area contributed by atoms with Gasteiger partial charge in [-0.1, -0.05) is 11.3 Å². The van der Waals surface area contributed by atoms with E-state index in [1.165, 1.54) is 17.4 Å². The number of primary amides is 1. The van der Waals surface area contributed by atoms with Gasteiger partial charge in [-0.2, -0.15) is 13.2 Å². The minimum atomic E-state index is -4.36. The van der Waals surface area contributed by atoms with Crippen LogP contribution in [0, 0.1) is 0 Å². The minimum absolute atomic E-state index is 0.328. The molecule has 2 aromatic rings. The van der Waals surface area contributed by atoms with Crippen molar-refractivity contribution < 1.29 is 18.0 Å². The summed E-state index contributed by atoms with van der Waals surface area (Å²) in [5, 5.41) is 3.61. The third-order valence-electron chi connectivity index (χ3n) is 2.84. The highest BCUT2D eigenvalue weighted by Gasteiger charge is 2.30. The van der Waals surface area contributed by atoms with E-state index in [-0.39, 0.29) is 5.91 Å². The molecule has 1 heterocycles. The van der Waals surface area contributed by atoms with Gasteiger partial charge < -0.3 is 11.1 Å². The Bertz CT molecular complexity index is 639. The second-order valence-corrected chi connectivity index (χ2v) is 5.58. The Kier molecular flexibility index (Phi) is 4.66. The van der Waals surface area contributed by atoms with Crippen molar-refractivity contribution in [3.63, 3.8) is 0 Å². The van der Waals surface area contributed by atoms with E-state index in [1.54, 1.807) is 0 Å². The summed E-state index contributed by atoms with van der Waals surface area (Å²) < 4.78 is 38.5. The van der Waals surface area contributed by atoms with Crippen LogP contribution in [-0.2, 0) is 11.0 Å². The van der Waals surface area contributed by atoms with Crippen molar-refractivity contribution in [2.24, 2.45) is 5.73 Å². The number of nitrogens with one attached hydrogen (secondary N) is 1. The van der Waals surface area contributed by atoms with Crippen molar-refractivity contribution in [1.29, 1.82) is 0 Å². The number of carbonyl (C=O) groups excluding carboxylic acids is 1. The lowest BCUT2D eigenvalue weighted by Gasteiger charge is -2.04. The highest BCUT2D eigenvalue weighted by molar-refractivity contribution is 7.22. The molecular formula is C13H14F3N3OS. The van der Waals surface area contributed by atoms with E-state index in [0.717, 1.165) is 18.6 Å². The molecular weight excluding hydrogens is 303 g/mol. The van der Waals surface area contributed by atoms with Crippen molar-refractivity contribution in [3.05, 3.63) is 23.8 Å². The largest absolute Gasteiger partial charge is 0.416 e. The van der Waals surface area contributed by atoms with Crippen LogP contribution in [0.5, 0.6) is 0 Å². The molecule has 0 bridgehead atoms. The monoisotopic (exact) mass is 317 g/mol. The van der Waals surface area contributed by atoms with Crippen LogP contribution in [0.25, 0.3) is 10.2 Å². The van der Waals surface area contributed by atoms with Gasteiger partial charge in [-0.15, -0.1) is 0 Å². The van der Waals surface area contributed by atoms with E-state index < -0.39 is 11.7 Å². The average Bonchev–Trinajstić information content (AvgIpc) is 2.78. The van der Waals surface area contributed by atoms with Crippen molar-refractivity contribution in [2.45, 2.75) is 25.4 Å². The number of thiazole rings is 1. The Hall–Kier alpha value is -1.83. The van der Waals surface area contributed by atoms with Crippen molar-refractivity contribution in [1.82, 2.24) is 4.98 Å². The van der Waals surface area contributed by atoms with Crippen LogP contribution in [0.4, 0.5) is 18.3 Å². The van der Waals surface area contributed by atoms with Crippen LogP contribution in [0.2, 0.25) is 0 Å². The molecule has 0 saturated carbocycles. The summed E-state index contributed by atoms with van der Waals surface area (Å²) in [6, 6.07) is 3.52. The zero-order valence-corrected chi connectivity index (χ0v) is 11.9. The SMILES string of the molecule is NC(=O)CCCCNc1nc2cc(C(F)(F)F)ccc2s1. The standard InChI is InChI=1S/C13H14F3N3OS/c14-13(15,16)8-4-5-10-9(7-8)19-12(21-10)18-6-2-1-3-11(17)20/h4-5,7H,1-3,6H2,(H2,17,20)(H,18,19). The molecule has 0 fully saturated rings. The fourth-order valence-corrected chi connectivity index (χ4v) is 2.67. The molecule has 21 heavy (non-hydrogen) atoms. The summed E-state index contributed by atoms with van der Waals surface area (Å²) in [5.41, 5.74) is 4.65. The number of unbranched alkanes of at least 4 members (excludes halogenated alkanes) is 1. The third kappa shape index (κ3) is 4.32. The second kappa shape index (κ2) is 6.30. The zero-order chi connectivity index (χ0) is 15.5.